The second-order valence-electron chi connectivity index (χ2n) is 5.95. The molecule has 128 valence electrons. The molecule has 25 heavy (non-hydrogen) atoms. The van der Waals surface area contributed by atoms with Gasteiger partial charge in [-0.05, 0) is 36.6 Å². The number of ether oxygens (including phenoxy) is 1. The number of rotatable bonds is 5. The van der Waals surface area contributed by atoms with Crippen LogP contribution in [-0.4, -0.2) is 10.5 Å². The molecule has 3 rings (SSSR count). The van der Waals surface area contributed by atoms with Crippen LogP contribution in [0.25, 0.3) is 10.9 Å². The molecule has 0 aliphatic heterocycles. The number of fused-ring (bicyclic) bond motifs is 1. The van der Waals surface area contributed by atoms with E-state index >= 15 is 0 Å². The highest BCUT2D eigenvalue weighted by Gasteiger charge is 2.13. The van der Waals surface area contributed by atoms with Gasteiger partial charge in [0.2, 0.25) is 5.43 Å². The first-order chi connectivity index (χ1) is 12.1. The van der Waals surface area contributed by atoms with Crippen LogP contribution in [0.3, 0.4) is 0 Å². The van der Waals surface area contributed by atoms with E-state index in [1.807, 2.05) is 47.9 Å². The van der Waals surface area contributed by atoms with E-state index in [-0.39, 0.29) is 17.6 Å². The Balaban J connectivity index is 2.08. The van der Waals surface area contributed by atoms with Crippen LogP contribution in [0.1, 0.15) is 31.4 Å². The van der Waals surface area contributed by atoms with Crippen molar-refractivity contribution in [1.82, 2.24) is 4.57 Å². The third kappa shape index (κ3) is 3.63. The van der Waals surface area contributed by atoms with Crippen molar-refractivity contribution in [3.05, 3.63) is 76.1 Å². The maximum atomic E-state index is 12.8. The van der Waals surface area contributed by atoms with E-state index in [9.17, 15) is 9.59 Å². The smallest absolute Gasteiger partial charge is 0.311 e. The summed E-state index contributed by atoms with van der Waals surface area (Å²) in [5, 5.41) is 0.580. The molecular formula is C21H21NO3. The van der Waals surface area contributed by atoms with Crippen molar-refractivity contribution in [2.45, 2.75) is 33.2 Å². The van der Waals surface area contributed by atoms with Gasteiger partial charge in [0, 0.05) is 18.4 Å². The molecule has 1 aromatic heterocycles. The number of carbonyl (C=O) groups excluding carboxylic acids is 1. The summed E-state index contributed by atoms with van der Waals surface area (Å²) in [4.78, 5) is 24.4. The highest BCUT2D eigenvalue weighted by molar-refractivity contribution is 5.82. The quantitative estimate of drug-likeness (QED) is 0.664. The molecule has 0 bridgehead atoms. The zero-order valence-electron chi connectivity index (χ0n) is 14.5. The summed E-state index contributed by atoms with van der Waals surface area (Å²) in [6.07, 6.45) is 2.61. The van der Waals surface area contributed by atoms with Crippen molar-refractivity contribution < 1.29 is 9.53 Å². The lowest BCUT2D eigenvalue weighted by molar-refractivity contribution is -0.134. The molecule has 0 N–H and O–H groups in total. The Morgan fingerprint density at radius 3 is 2.48 bits per heavy atom. The average molecular weight is 335 g/mol. The van der Waals surface area contributed by atoms with Gasteiger partial charge in [0.1, 0.15) is 0 Å². The number of pyridine rings is 1. The third-order valence-electron chi connectivity index (χ3n) is 4.22. The molecule has 4 heteroatoms. The Kier molecular flexibility index (Phi) is 4.98. The first-order valence-electron chi connectivity index (χ1n) is 8.53. The Bertz CT molecular complexity index is 958. The lowest BCUT2D eigenvalue weighted by Crippen LogP contribution is -2.17. The zero-order chi connectivity index (χ0) is 17.8. The van der Waals surface area contributed by atoms with Gasteiger partial charge in [0.15, 0.2) is 5.75 Å². The van der Waals surface area contributed by atoms with Gasteiger partial charge in [0.25, 0.3) is 0 Å². The van der Waals surface area contributed by atoms with Gasteiger partial charge >= 0.3 is 5.97 Å². The number of aryl methyl sites for hydroxylation is 1. The van der Waals surface area contributed by atoms with E-state index < -0.39 is 5.97 Å². The zero-order valence-corrected chi connectivity index (χ0v) is 14.5. The normalized spacial score (nSPS) is 10.8. The van der Waals surface area contributed by atoms with Crippen LogP contribution in [-0.2, 0) is 17.8 Å². The fourth-order valence-corrected chi connectivity index (χ4v) is 2.89. The largest absolute Gasteiger partial charge is 0.421 e. The van der Waals surface area contributed by atoms with Crippen molar-refractivity contribution >= 4 is 16.9 Å². The lowest BCUT2D eigenvalue weighted by Gasteiger charge is -2.12. The molecule has 0 fully saturated rings. The van der Waals surface area contributed by atoms with Gasteiger partial charge in [-0.1, -0.05) is 43.3 Å². The predicted octanol–water partition coefficient (Wildman–Crippen LogP) is 3.93. The monoisotopic (exact) mass is 335 g/mol. The van der Waals surface area contributed by atoms with Gasteiger partial charge in [-0.2, -0.15) is 0 Å². The number of hydrogen-bond acceptors (Lipinski definition) is 3. The molecule has 0 saturated heterocycles. The SMILES string of the molecule is CCC(=O)Oc1cn(CC)c2ccc(Cc3ccccc3)cc2c1=O. The number of carbonyl (C=O) groups is 1. The number of esters is 1. The van der Waals surface area contributed by atoms with E-state index in [2.05, 4.69) is 12.1 Å². The molecule has 1 heterocycles. The van der Waals surface area contributed by atoms with Crippen molar-refractivity contribution in [3.63, 3.8) is 0 Å². The fourth-order valence-electron chi connectivity index (χ4n) is 2.89. The summed E-state index contributed by atoms with van der Waals surface area (Å²) in [6.45, 7) is 4.39. The van der Waals surface area contributed by atoms with Gasteiger partial charge < -0.3 is 9.30 Å². The molecule has 0 radical (unpaired) electrons. The molecular weight excluding hydrogens is 314 g/mol. The number of aromatic nitrogens is 1. The van der Waals surface area contributed by atoms with Crippen molar-refractivity contribution in [1.29, 1.82) is 0 Å². The second-order valence-corrected chi connectivity index (χ2v) is 5.95. The van der Waals surface area contributed by atoms with Crippen LogP contribution in [0.5, 0.6) is 5.75 Å². The van der Waals surface area contributed by atoms with Crippen LogP contribution in [0, 0.1) is 0 Å². The Labute approximate surface area is 146 Å². The van der Waals surface area contributed by atoms with E-state index in [4.69, 9.17) is 4.74 Å². The van der Waals surface area contributed by atoms with Crippen molar-refractivity contribution in [3.8, 4) is 5.75 Å². The summed E-state index contributed by atoms with van der Waals surface area (Å²) in [7, 11) is 0. The molecule has 0 aliphatic carbocycles. The maximum Gasteiger partial charge on any atom is 0.311 e. The predicted molar refractivity (Wildman–Crippen MR) is 99.1 cm³/mol. The third-order valence-corrected chi connectivity index (χ3v) is 4.22. The van der Waals surface area contributed by atoms with Crippen LogP contribution >= 0.6 is 0 Å². The Morgan fingerprint density at radius 2 is 1.80 bits per heavy atom. The van der Waals surface area contributed by atoms with Crippen LogP contribution in [0.2, 0.25) is 0 Å². The van der Waals surface area contributed by atoms with Crippen LogP contribution in [0.4, 0.5) is 0 Å². The van der Waals surface area contributed by atoms with Gasteiger partial charge in [-0.25, -0.2) is 0 Å². The highest BCUT2D eigenvalue weighted by atomic mass is 16.5. The van der Waals surface area contributed by atoms with Gasteiger partial charge in [0.05, 0.1) is 11.7 Å². The molecule has 2 aromatic carbocycles. The topological polar surface area (TPSA) is 48.3 Å². The standard InChI is InChI=1S/C21H21NO3/c1-3-20(23)25-19-14-22(4-2)18-11-10-16(13-17(18)21(19)24)12-15-8-6-5-7-9-15/h5-11,13-14H,3-4,12H2,1-2H3. The van der Waals surface area contributed by atoms with E-state index in [1.54, 1.807) is 13.1 Å². The molecule has 0 amide bonds. The van der Waals surface area contributed by atoms with E-state index in [0.29, 0.717) is 11.9 Å². The summed E-state index contributed by atoms with van der Waals surface area (Å²) < 4.78 is 7.16. The lowest BCUT2D eigenvalue weighted by atomic mass is 10.0. The Morgan fingerprint density at radius 1 is 1.04 bits per heavy atom. The Hall–Kier alpha value is -2.88. The van der Waals surface area contributed by atoms with Crippen molar-refractivity contribution in [2.75, 3.05) is 0 Å². The summed E-state index contributed by atoms with van der Waals surface area (Å²) in [5.41, 5.74) is 2.85. The van der Waals surface area contributed by atoms with Gasteiger partial charge in [-0.15, -0.1) is 0 Å². The van der Waals surface area contributed by atoms with Crippen molar-refractivity contribution in [2.24, 2.45) is 0 Å². The molecule has 0 unspecified atom stereocenters. The number of benzene rings is 2. The molecule has 0 aliphatic rings. The average Bonchev–Trinajstić information content (AvgIpc) is 2.65. The summed E-state index contributed by atoms with van der Waals surface area (Å²) in [6, 6.07) is 16.0. The number of hydrogen-bond donors (Lipinski definition) is 0. The van der Waals surface area contributed by atoms with E-state index in [0.717, 1.165) is 17.5 Å². The molecule has 3 aromatic rings. The molecule has 0 atom stereocenters. The number of nitrogens with zero attached hydrogens (tertiary/aromatic N) is 1. The minimum atomic E-state index is -0.403. The molecule has 0 saturated carbocycles. The second kappa shape index (κ2) is 7.34. The minimum absolute atomic E-state index is 0.0954. The van der Waals surface area contributed by atoms with Crippen LogP contribution < -0.4 is 10.2 Å². The summed E-state index contributed by atoms with van der Waals surface area (Å²) >= 11 is 0. The maximum absolute atomic E-state index is 12.8. The first kappa shape index (κ1) is 17.0. The summed E-state index contributed by atoms with van der Waals surface area (Å²) in [5.74, 6) is -0.308. The first-order valence-corrected chi connectivity index (χ1v) is 8.53. The van der Waals surface area contributed by atoms with Crippen LogP contribution in [0.15, 0.2) is 59.5 Å². The molecule has 4 nitrogen and oxygen atoms in total. The minimum Gasteiger partial charge on any atom is -0.421 e. The van der Waals surface area contributed by atoms with Gasteiger partial charge in [-0.3, -0.25) is 9.59 Å². The highest BCUT2D eigenvalue weighted by Crippen LogP contribution is 2.19. The fraction of sp³-hybridized carbons (Fsp3) is 0.238. The molecule has 0 spiro atoms. The van der Waals surface area contributed by atoms with E-state index in [1.165, 1.54) is 5.56 Å².